The van der Waals surface area contributed by atoms with Gasteiger partial charge in [0, 0.05) is 17.8 Å². The van der Waals surface area contributed by atoms with Crippen molar-refractivity contribution in [1.29, 1.82) is 5.41 Å². The number of nitrogen functional groups attached to an aromatic ring is 1. The third-order valence-corrected chi connectivity index (χ3v) is 7.17. The second kappa shape index (κ2) is 11.8. The van der Waals surface area contributed by atoms with E-state index in [2.05, 4.69) is 10.3 Å². The van der Waals surface area contributed by atoms with Crippen molar-refractivity contribution in [3.63, 3.8) is 0 Å². The van der Waals surface area contributed by atoms with Crippen molar-refractivity contribution in [2.24, 2.45) is 5.73 Å². The number of para-hydroxylation sites is 2. The molecule has 0 radical (unpaired) electrons. The molecule has 9 heteroatoms. The van der Waals surface area contributed by atoms with Crippen LogP contribution in [0.2, 0.25) is 0 Å². The normalized spacial score (nSPS) is 12.0. The number of carbonyl (C=O) groups is 1. The summed E-state index contributed by atoms with van der Waals surface area (Å²) in [5, 5.41) is 10.5. The first-order valence-electron chi connectivity index (χ1n) is 11.4. The van der Waals surface area contributed by atoms with Gasteiger partial charge in [0.2, 0.25) is 5.91 Å². The van der Waals surface area contributed by atoms with E-state index in [1.165, 1.54) is 6.08 Å². The lowest BCUT2D eigenvalue weighted by molar-refractivity contribution is -0.116. The van der Waals surface area contributed by atoms with Crippen LogP contribution in [0.5, 0.6) is 11.5 Å². The lowest BCUT2D eigenvalue weighted by Gasteiger charge is -2.28. The number of carbonyl (C=O) groups excluding carboxylic acids is 1. The molecular formula is C28H25N4O4P. The van der Waals surface area contributed by atoms with Crippen LogP contribution in [0, 0.1) is 5.41 Å². The predicted octanol–water partition coefficient (Wildman–Crippen LogP) is 5.54. The summed E-state index contributed by atoms with van der Waals surface area (Å²) in [6.07, 6.45) is 4.47. The molecule has 0 bridgehead atoms. The van der Waals surface area contributed by atoms with E-state index < -0.39 is 19.3 Å². The fraction of sp³-hybridized carbons (Fsp3) is 0.0357. The SMILES string of the molecule is N=C(N)c1ccc(C(NC(=O)/C=C/c2ccccn2)P(=O)(Oc2ccccc2)Oc2ccccc2)cc1. The van der Waals surface area contributed by atoms with E-state index in [0.29, 0.717) is 28.3 Å². The third kappa shape index (κ3) is 6.93. The van der Waals surface area contributed by atoms with E-state index in [0.717, 1.165) is 0 Å². The molecule has 1 amide bonds. The van der Waals surface area contributed by atoms with Gasteiger partial charge in [-0.1, -0.05) is 66.7 Å². The molecule has 4 N–H and O–H groups in total. The van der Waals surface area contributed by atoms with Crippen molar-refractivity contribution in [3.05, 3.63) is 132 Å². The van der Waals surface area contributed by atoms with Gasteiger partial charge in [-0.05, 0) is 48.0 Å². The molecular weight excluding hydrogens is 487 g/mol. The van der Waals surface area contributed by atoms with Gasteiger partial charge in [0.15, 0.2) is 5.78 Å². The lowest BCUT2D eigenvalue weighted by atomic mass is 10.1. The molecule has 0 aliphatic rings. The second-order valence-electron chi connectivity index (χ2n) is 7.88. The van der Waals surface area contributed by atoms with Crippen LogP contribution in [0.15, 0.2) is 115 Å². The molecule has 0 spiro atoms. The van der Waals surface area contributed by atoms with Crippen LogP contribution in [-0.2, 0) is 9.36 Å². The minimum absolute atomic E-state index is 0.116. The van der Waals surface area contributed by atoms with Gasteiger partial charge in [0.05, 0.1) is 5.69 Å². The minimum atomic E-state index is -4.15. The van der Waals surface area contributed by atoms with E-state index in [9.17, 15) is 9.36 Å². The molecule has 4 aromatic rings. The van der Waals surface area contributed by atoms with Crippen LogP contribution in [0.25, 0.3) is 6.08 Å². The average Bonchev–Trinajstić information content (AvgIpc) is 2.92. The van der Waals surface area contributed by atoms with Crippen LogP contribution in [0.4, 0.5) is 0 Å². The number of hydrogen-bond acceptors (Lipinski definition) is 6. The Bertz CT molecular complexity index is 1370. The van der Waals surface area contributed by atoms with Crippen molar-refractivity contribution in [3.8, 4) is 11.5 Å². The number of aromatic nitrogens is 1. The van der Waals surface area contributed by atoms with Crippen molar-refractivity contribution >= 4 is 25.4 Å². The molecule has 4 rings (SSSR count). The zero-order chi connectivity index (χ0) is 26.1. The van der Waals surface area contributed by atoms with Gasteiger partial charge in [-0.15, -0.1) is 0 Å². The largest absolute Gasteiger partial charge is 0.457 e. The van der Waals surface area contributed by atoms with Crippen molar-refractivity contribution < 1.29 is 18.4 Å². The topological polar surface area (TPSA) is 127 Å². The molecule has 0 aliphatic heterocycles. The average molecular weight is 513 g/mol. The van der Waals surface area contributed by atoms with Gasteiger partial charge < -0.3 is 20.1 Å². The van der Waals surface area contributed by atoms with Crippen LogP contribution >= 0.6 is 7.60 Å². The summed E-state index contributed by atoms with van der Waals surface area (Å²) in [5.74, 6) is -1.22. The molecule has 1 aromatic heterocycles. The summed E-state index contributed by atoms with van der Waals surface area (Å²) in [4.78, 5) is 17.2. The number of pyridine rings is 1. The third-order valence-electron chi connectivity index (χ3n) is 5.18. The van der Waals surface area contributed by atoms with Crippen LogP contribution in [0.3, 0.4) is 0 Å². The molecule has 3 aromatic carbocycles. The van der Waals surface area contributed by atoms with Gasteiger partial charge in [-0.25, -0.2) is 4.57 Å². The quantitative estimate of drug-likeness (QED) is 0.111. The Balaban J connectivity index is 1.74. The fourth-order valence-corrected chi connectivity index (χ4v) is 5.29. The van der Waals surface area contributed by atoms with Crippen molar-refractivity contribution in [2.45, 2.75) is 5.78 Å². The molecule has 0 saturated carbocycles. The summed E-state index contributed by atoms with van der Waals surface area (Å²) in [7, 11) is -4.15. The Hall–Kier alpha value is -4.68. The van der Waals surface area contributed by atoms with Crippen LogP contribution < -0.4 is 20.1 Å². The number of nitrogens with one attached hydrogen (secondary N) is 2. The number of hydrogen-bond donors (Lipinski definition) is 3. The van der Waals surface area contributed by atoms with E-state index in [1.807, 2.05) is 0 Å². The molecule has 8 nitrogen and oxygen atoms in total. The second-order valence-corrected chi connectivity index (χ2v) is 9.84. The van der Waals surface area contributed by atoms with Crippen molar-refractivity contribution in [2.75, 3.05) is 0 Å². The summed E-state index contributed by atoms with van der Waals surface area (Å²) in [5.41, 5.74) is 7.11. The lowest BCUT2D eigenvalue weighted by Crippen LogP contribution is -2.30. The van der Waals surface area contributed by atoms with Gasteiger partial charge >= 0.3 is 7.60 Å². The maximum atomic E-state index is 14.5. The van der Waals surface area contributed by atoms with Crippen LogP contribution in [-0.4, -0.2) is 16.7 Å². The summed E-state index contributed by atoms with van der Waals surface area (Å²) in [6, 6.07) is 29.0. The molecule has 186 valence electrons. The van der Waals surface area contributed by atoms with Gasteiger partial charge in [0.25, 0.3) is 0 Å². The molecule has 1 unspecified atom stereocenters. The number of rotatable bonds is 10. The molecule has 1 heterocycles. The van der Waals surface area contributed by atoms with Gasteiger partial charge in [-0.3, -0.25) is 15.2 Å². The standard InChI is InChI=1S/C28H25N4O4P/c29-27(30)21-14-16-22(17-15-21)28(32-26(33)19-18-23-9-7-8-20-31-23)37(34,35-24-10-3-1-4-11-24)36-25-12-5-2-6-13-25/h1-20,28H,(H3,29,30)(H,32,33)/b19-18+. The maximum absolute atomic E-state index is 14.5. The summed E-state index contributed by atoms with van der Waals surface area (Å²) < 4.78 is 26.5. The minimum Gasteiger partial charge on any atom is -0.414 e. The predicted molar refractivity (Wildman–Crippen MR) is 143 cm³/mol. The Kier molecular flexibility index (Phi) is 8.13. The van der Waals surface area contributed by atoms with E-state index in [-0.39, 0.29) is 5.84 Å². The highest BCUT2D eigenvalue weighted by Crippen LogP contribution is 2.59. The number of benzene rings is 3. The Morgan fingerprint density at radius 2 is 1.43 bits per heavy atom. The first kappa shape index (κ1) is 25.4. The Labute approximate surface area is 214 Å². The number of nitrogens with zero attached hydrogens (tertiary/aromatic N) is 1. The Morgan fingerprint density at radius 1 is 0.865 bits per heavy atom. The molecule has 0 saturated heterocycles. The highest BCUT2D eigenvalue weighted by molar-refractivity contribution is 7.55. The Morgan fingerprint density at radius 3 is 1.95 bits per heavy atom. The zero-order valence-corrected chi connectivity index (χ0v) is 20.6. The summed E-state index contributed by atoms with van der Waals surface area (Å²) >= 11 is 0. The number of nitrogens with two attached hydrogens (primary N) is 1. The van der Waals surface area contributed by atoms with Gasteiger partial charge in [0.1, 0.15) is 17.3 Å². The maximum Gasteiger partial charge on any atom is 0.457 e. The van der Waals surface area contributed by atoms with Gasteiger partial charge in [-0.2, -0.15) is 0 Å². The zero-order valence-electron chi connectivity index (χ0n) is 19.7. The fourth-order valence-electron chi connectivity index (χ4n) is 3.39. The summed E-state index contributed by atoms with van der Waals surface area (Å²) in [6.45, 7) is 0. The molecule has 0 aliphatic carbocycles. The smallest absolute Gasteiger partial charge is 0.414 e. The van der Waals surface area contributed by atoms with Crippen molar-refractivity contribution in [1.82, 2.24) is 10.3 Å². The number of amidine groups is 1. The molecule has 1 atom stereocenters. The molecule has 37 heavy (non-hydrogen) atoms. The first-order valence-corrected chi connectivity index (χ1v) is 13.0. The monoisotopic (exact) mass is 512 g/mol. The number of amides is 1. The van der Waals surface area contributed by atoms with E-state index >= 15 is 0 Å². The first-order chi connectivity index (χ1) is 17.9. The van der Waals surface area contributed by atoms with E-state index in [4.69, 9.17) is 20.2 Å². The van der Waals surface area contributed by atoms with E-state index in [1.54, 1.807) is 115 Å². The highest BCUT2D eigenvalue weighted by Gasteiger charge is 2.41. The molecule has 0 fully saturated rings. The highest BCUT2D eigenvalue weighted by atomic mass is 31.2. The van der Waals surface area contributed by atoms with Crippen LogP contribution in [0.1, 0.15) is 22.6 Å².